The maximum atomic E-state index is 13.9. The fourth-order valence-electron chi connectivity index (χ4n) is 5.70. The first kappa shape index (κ1) is 33.5. The number of rotatable bonds is 12. The van der Waals surface area contributed by atoms with Crippen LogP contribution < -0.4 is 20.4 Å². The summed E-state index contributed by atoms with van der Waals surface area (Å²) in [5, 5.41) is 14.4. The van der Waals surface area contributed by atoms with Crippen molar-refractivity contribution in [1.29, 1.82) is 5.26 Å². The molecule has 2 aromatic rings. The summed E-state index contributed by atoms with van der Waals surface area (Å²) in [6.07, 6.45) is 0.112. The molecule has 0 aliphatic carbocycles. The molecule has 2 aliphatic heterocycles. The van der Waals surface area contributed by atoms with E-state index in [9.17, 15) is 27.6 Å². The minimum absolute atomic E-state index is 0.0807. The molecule has 1 atom stereocenters. The Kier molecular flexibility index (Phi) is 11.6. The fourth-order valence-corrected chi connectivity index (χ4v) is 5.70. The maximum Gasteiger partial charge on any atom is 0.451 e. The van der Waals surface area contributed by atoms with Crippen LogP contribution in [-0.2, 0) is 31.7 Å². The zero-order valence-electron chi connectivity index (χ0n) is 25.2. The van der Waals surface area contributed by atoms with Gasteiger partial charge in [-0.2, -0.15) is 18.4 Å². The summed E-state index contributed by atoms with van der Waals surface area (Å²) in [7, 11) is 1.25. The van der Waals surface area contributed by atoms with E-state index in [-0.39, 0.29) is 36.4 Å². The SMILES string of the molecule is COC(=O)CNC(=O)CCCC1CCN(c2cc(N3CCCC3C(=O)NCCc3ccc(C#N)cc3)nc(C(F)(F)F)n2)CC1. The fraction of sp³-hybridized carbons (Fsp3) is 0.548. The van der Waals surface area contributed by atoms with Crippen molar-refractivity contribution in [2.45, 2.75) is 63.6 Å². The van der Waals surface area contributed by atoms with E-state index in [0.717, 1.165) is 24.8 Å². The summed E-state index contributed by atoms with van der Waals surface area (Å²) >= 11 is 0. The Morgan fingerprint density at radius 2 is 1.76 bits per heavy atom. The molecule has 14 heteroatoms. The lowest BCUT2D eigenvalue weighted by Gasteiger charge is -2.34. The summed E-state index contributed by atoms with van der Waals surface area (Å²) in [5.41, 5.74) is 1.50. The molecule has 2 amide bonds. The number of nitriles is 1. The smallest absolute Gasteiger partial charge is 0.451 e. The average molecular weight is 630 g/mol. The largest absolute Gasteiger partial charge is 0.468 e. The Balaban J connectivity index is 1.34. The lowest BCUT2D eigenvalue weighted by Crippen LogP contribution is -2.44. The number of methoxy groups -OCH3 is 1. The predicted molar refractivity (Wildman–Crippen MR) is 159 cm³/mol. The molecular formula is C31H38F3N7O4. The highest BCUT2D eigenvalue weighted by molar-refractivity contribution is 5.85. The molecule has 2 fully saturated rings. The number of ether oxygens (including phenoxy) is 1. The monoisotopic (exact) mass is 629 g/mol. The zero-order chi connectivity index (χ0) is 32.4. The summed E-state index contributed by atoms with van der Waals surface area (Å²) in [6.45, 7) is 1.59. The summed E-state index contributed by atoms with van der Waals surface area (Å²) in [6, 6.07) is 10.0. The third-order valence-electron chi connectivity index (χ3n) is 8.21. The second kappa shape index (κ2) is 15.5. The standard InChI is InChI=1S/C31H38F3N7O4/c1-45-28(43)20-37-27(42)6-2-4-21-12-16-40(17-13-21)25-18-26(39-30(38-25)31(32,33)34)41-15-3-5-24(41)29(44)36-14-11-22-7-9-23(19-35)10-8-22/h7-10,18,21,24H,2-6,11-17,20H2,1H3,(H,36,44)(H,37,42). The summed E-state index contributed by atoms with van der Waals surface area (Å²) in [5.74, 6) is -1.68. The molecule has 0 radical (unpaired) electrons. The zero-order valence-corrected chi connectivity index (χ0v) is 25.2. The van der Waals surface area contributed by atoms with E-state index in [1.807, 2.05) is 17.0 Å². The molecule has 0 saturated carbocycles. The minimum Gasteiger partial charge on any atom is -0.468 e. The lowest BCUT2D eigenvalue weighted by atomic mass is 9.91. The maximum absolute atomic E-state index is 13.9. The molecule has 0 spiro atoms. The number of carbonyl (C=O) groups excluding carboxylic acids is 3. The van der Waals surface area contributed by atoms with Gasteiger partial charge >= 0.3 is 12.1 Å². The van der Waals surface area contributed by atoms with Gasteiger partial charge in [-0.3, -0.25) is 14.4 Å². The van der Waals surface area contributed by atoms with E-state index >= 15 is 0 Å². The van der Waals surface area contributed by atoms with Crippen LogP contribution in [0.4, 0.5) is 24.8 Å². The van der Waals surface area contributed by atoms with E-state index in [1.165, 1.54) is 7.11 Å². The molecule has 3 heterocycles. The first-order valence-electron chi connectivity index (χ1n) is 15.2. The third-order valence-corrected chi connectivity index (χ3v) is 8.21. The number of hydrogen-bond donors (Lipinski definition) is 2. The van der Waals surface area contributed by atoms with Crippen LogP contribution in [0.2, 0.25) is 0 Å². The van der Waals surface area contributed by atoms with Crippen molar-refractivity contribution in [3.05, 3.63) is 47.3 Å². The molecule has 1 aromatic heterocycles. The van der Waals surface area contributed by atoms with Crippen molar-refractivity contribution < 1.29 is 32.3 Å². The molecule has 2 saturated heterocycles. The van der Waals surface area contributed by atoms with Crippen LogP contribution in [0.3, 0.4) is 0 Å². The Bertz CT molecular complexity index is 1370. The van der Waals surface area contributed by atoms with Crippen molar-refractivity contribution in [2.24, 2.45) is 5.92 Å². The van der Waals surface area contributed by atoms with Crippen LogP contribution >= 0.6 is 0 Å². The normalized spacial score (nSPS) is 17.1. The Labute approximate surface area is 260 Å². The number of anilines is 2. The number of benzene rings is 1. The van der Waals surface area contributed by atoms with Gasteiger partial charge in [0.25, 0.3) is 0 Å². The molecule has 1 aromatic carbocycles. The molecular weight excluding hydrogens is 591 g/mol. The molecule has 4 rings (SSSR count). The van der Waals surface area contributed by atoms with E-state index < -0.39 is 24.0 Å². The number of carbonyl (C=O) groups is 3. The quantitative estimate of drug-likeness (QED) is 0.338. The van der Waals surface area contributed by atoms with Gasteiger partial charge in [0.2, 0.25) is 17.6 Å². The number of halogens is 3. The van der Waals surface area contributed by atoms with Gasteiger partial charge in [-0.15, -0.1) is 0 Å². The van der Waals surface area contributed by atoms with Crippen molar-refractivity contribution in [3.63, 3.8) is 0 Å². The van der Waals surface area contributed by atoms with Crippen LogP contribution in [0.1, 0.15) is 61.9 Å². The topological polar surface area (TPSA) is 141 Å². The lowest BCUT2D eigenvalue weighted by molar-refractivity contribution is -0.144. The first-order valence-corrected chi connectivity index (χ1v) is 15.2. The highest BCUT2D eigenvalue weighted by Crippen LogP contribution is 2.34. The molecule has 2 aliphatic rings. The summed E-state index contributed by atoms with van der Waals surface area (Å²) in [4.78, 5) is 47.4. The number of esters is 1. The number of aromatic nitrogens is 2. The minimum atomic E-state index is -4.75. The number of piperidine rings is 1. The number of nitrogens with one attached hydrogen (secondary N) is 2. The second-order valence-corrected chi connectivity index (χ2v) is 11.3. The van der Waals surface area contributed by atoms with Gasteiger partial charge in [0, 0.05) is 38.7 Å². The van der Waals surface area contributed by atoms with E-state index in [1.54, 1.807) is 23.1 Å². The van der Waals surface area contributed by atoms with Crippen LogP contribution in [0.25, 0.3) is 0 Å². The predicted octanol–water partition coefficient (Wildman–Crippen LogP) is 3.37. The Hall–Kier alpha value is -4.41. The van der Waals surface area contributed by atoms with Crippen molar-refractivity contribution in [2.75, 3.05) is 49.6 Å². The Morgan fingerprint density at radius 1 is 1.04 bits per heavy atom. The molecule has 0 bridgehead atoms. The molecule has 2 N–H and O–H groups in total. The molecule has 45 heavy (non-hydrogen) atoms. The van der Waals surface area contributed by atoms with Crippen LogP contribution in [0.5, 0.6) is 0 Å². The first-order chi connectivity index (χ1) is 21.6. The van der Waals surface area contributed by atoms with E-state index in [4.69, 9.17) is 5.26 Å². The summed E-state index contributed by atoms with van der Waals surface area (Å²) < 4.78 is 46.2. The van der Waals surface area contributed by atoms with Gasteiger partial charge in [-0.1, -0.05) is 12.1 Å². The molecule has 11 nitrogen and oxygen atoms in total. The third kappa shape index (κ3) is 9.54. The van der Waals surface area contributed by atoms with Crippen molar-refractivity contribution in [3.8, 4) is 6.07 Å². The van der Waals surface area contributed by atoms with Gasteiger partial charge in [-0.25, -0.2) is 9.97 Å². The van der Waals surface area contributed by atoms with E-state index in [2.05, 4.69) is 31.4 Å². The van der Waals surface area contributed by atoms with Gasteiger partial charge in [-0.05, 0) is 68.6 Å². The highest BCUT2D eigenvalue weighted by Gasteiger charge is 2.39. The number of nitrogens with zero attached hydrogens (tertiary/aromatic N) is 5. The van der Waals surface area contributed by atoms with Gasteiger partial charge < -0.3 is 25.2 Å². The average Bonchev–Trinajstić information content (AvgIpc) is 3.54. The second-order valence-electron chi connectivity index (χ2n) is 11.3. The van der Waals surface area contributed by atoms with Gasteiger partial charge in [0.15, 0.2) is 0 Å². The van der Waals surface area contributed by atoms with Gasteiger partial charge in [0.05, 0.1) is 18.7 Å². The molecule has 242 valence electrons. The number of alkyl halides is 3. The van der Waals surface area contributed by atoms with Crippen LogP contribution in [0, 0.1) is 17.2 Å². The van der Waals surface area contributed by atoms with E-state index in [0.29, 0.717) is 63.3 Å². The van der Waals surface area contributed by atoms with Crippen LogP contribution in [-0.4, -0.2) is 73.6 Å². The van der Waals surface area contributed by atoms with Crippen LogP contribution in [0.15, 0.2) is 30.3 Å². The number of hydrogen-bond acceptors (Lipinski definition) is 9. The Morgan fingerprint density at radius 3 is 2.42 bits per heavy atom. The number of amides is 2. The van der Waals surface area contributed by atoms with Crippen molar-refractivity contribution >= 4 is 29.4 Å². The van der Waals surface area contributed by atoms with Crippen molar-refractivity contribution in [1.82, 2.24) is 20.6 Å². The van der Waals surface area contributed by atoms with Gasteiger partial charge in [0.1, 0.15) is 24.2 Å². The highest BCUT2D eigenvalue weighted by atomic mass is 19.4. The molecule has 1 unspecified atom stereocenters.